The third-order valence-electron chi connectivity index (χ3n) is 4.21. The molecule has 2 N–H and O–H groups in total. The highest BCUT2D eigenvalue weighted by molar-refractivity contribution is 9.10. The molecule has 0 atom stereocenters. The van der Waals surface area contributed by atoms with Crippen LogP contribution in [0.15, 0.2) is 46.9 Å². The zero-order valence-corrected chi connectivity index (χ0v) is 18.1. The number of carbonyl (C=O) groups is 2. The van der Waals surface area contributed by atoms with Crippen LogP contribution in [0.2, 0.25) is 0 Å². The minimum absolute atomic E-state index is 0.132. The van der Waals surface area contributed by atoms with Crippen molar-refractivity contribution in [3.63, 3.8) is 0 Å². The van der Waals surface area contributed by atoms with Crippen LogP contribution in [0, 0.1) is 0 Å². The van der Waals surface area contributed by atoms with Gasteiger partial charge in [0.25, 0.3) is 11.8 Å². The lowest BCUT2D eigenvalue weighted by molar-refractivity contribution is -0.118. The maximum Gasteiger partial charge on any atom is 0.262 e. The second-order valence-electron chi connectivity index (χ2n) is 6.83. The van der Waals surface area contributed by atoms with Crippen molar-refractivity contribution in [2.24, 2.45) is 0 Å². The van der Waals surface area contributed by atoms with Gasteiger partial charge in [0.1, 0.15) is 5.75 Å². The second-order valence-corrected chi connectivity index (χ2v) is 7.74. The summed E-state index contributed by atoms with van der Waals surface area (Å²) >= 11 is 3.46. The first-order valence-electron chi connectivity index (χ1n) is 9.51. The minimum atomic E-state index is -0.313. The maximum atomic E-state index is 12.4. The fourth-order valence-electron chi connectivity index (χ4n) is 2.70. The number of nitrogens with one attached hydrogen (secondary N) is 2. The number of unbranched alkanes of at least 4 members (excludes halogenated alkanes) is 1. The number of rotatable bonds is 9. The van der Waals surface area contributed by atoms with Gasteiger partial charge in [0.2, 0.25) is 0 Å². The van der Waals surface area contributed by atoms with E-state index in [1.807, 2.05) is 18.2 Å². The van der Waals surface area contributed by atoms with E-state index >= 15 is 0 Å². The molecule has 28 heavy (non-hydrogen) atoms. The van der Waals surface area contributed by atoms with Gasteiger partial charge in [-0.1, -0.05) is 55.3 Å². The summed E-state index contributed by atoms with van der Waals surface area (Å²) in [6, 6.07) is 12.7. The van der Waals surface area contributed by atoms with Crippen molar-refractivity contribution < 1.29 is 14.3 Å². The molecule has 2 aromatic carbocycles. The number of ether oxygens (including phenoxy) is 1. The molecule has 0 saturated carbocycles. The normalized spacial score (nSPS) is 10.6. The van der Waals surface area contributed by atoms with E-state index in [1.165, 1.54) is 0 Å². The van der Waals surface area contributed by atoms with E-state index < -0.39 is 0 Å². The first-order valence-corrected chi connectivity index (χ1v) is 10.3. The Morgan fingerprint density at radius 1 is 1.14 bits per heavy atom. The molecule has 0 saturated heterocycles. The van der Waals surface area contributed by atoms with Gasteiger partial charge in [-0.05, 0) is 48.2 Å². The van der Waals surface area contributed by atoms with Crippen LogP contribution in [0.4, 0.5) is 5.69 Å². The number of hydrogen-bond donors (Lipinski definition) is 2. The Labute approximate surface area is 175 Å². The molecule has 0 aromatic heterocycles. The first kappa shape index (κ1) is 22.0. The van der Waals surface area contributed by atoms with E-state index in [0.717, 1.165) is 22.9 Å². The van der Waals surface area contributed by atoms with Crippen LogP contribution in [-0.2, 0) is 4.79 Å². The molecular weight excluding hydrogens is 420 g/mol. The van der Waals surface area contributed by atoms with Gasteiger partial charge >= 0.3 is 0 Å². The van der Waals surface area contributed by atoms with Gasteiger partial charge in [0.15, 0.2) is 6.61 Å². The predicted octanol–water partition coefficient (Wildman–Crippen LogP) is 5.12. The highest BCUT2D eigenvalue weighted by Gasteiger charge is 2.14. The molecule has 2 rings (SSSR count). The van der Waals surface area contributed by atoms with Crippen molar-refractivity contribution in [1.29, 1.82) is 0 Å². The topological polar surface area (TPSA) is 67.4 Å². The minimum Gasteiger partial charge on any atom is -0.483 e. The lowest BCUT2D eigenvalue weighted by Crippen LogP contribution is -2.27. The van der Waals surface area contributed by atoms with Crippen LogP contribution in [-0.4, -0.2) is 25.0 Å². The molecule has 0 fully saturated rings. The molecule has 0 unspecified atom stereocenters. The number of amides is 2. The molecule has 2 aromatic rings. The molecule has 0 aliphatic heterocycles. The summed E-state index contributed by atoms with van der Waals surface area (Å²) in [4.78, 5) is 24.7. The third kappa shape index (κ3) is 6.37. The number of para-hydroxylation sites is 1. The van der Waals surface area contributed by atoms with E-state index in [-0.39, 0.29) is 24.3 Å². The number of hydrogen-bond acceptors (Lipinski definition) is 3. The molecule has 5 nitrogen and oxygen atoms in total. The summed E-state index contributed by atoms with van der Waals surface area (Å²) in [5.74, 6) is 0.439. The molecule has 0 radical (unpaired) electrons. The highest BCUT2D eigenvalue weighted by Crippen LogP contribution is 2.29. The number of halogens is 1. The lowest BCUT2D eigenvalue weighted by Gasteiger charge is -2.15. The number of carbonyl (C=O) groups excluding carboxylic acids is 2. The molecular formula is C22H27BrN2O3. The van der Waals surface area contributed by atoms with Crippen LogP contribution in [0.25, 0.3) is 0 Å². The van der Waals surface area contributed by atoms with Crippen molar-refractivity contribution >= 4 is 33.4 Å². The average Bonchev–Trinajstić information content (AvgIpc) is 2.67. The fraction of sp³-hybridized carbons (Fsp3) is 0.364. The summed E-state index contributed by atoms with van der Waals surface area (Å²) < 4.78 is 6.70. The van der Waals surface area contributed by atoms with Gasteiger partial charge in [-0.3, -0.25) is 9.59 Å². The molecule has 0 aliphatic rings. The SMILES string of the molecule is CCCCNC(=O)c1ccccc1NC(=O)COc1ccc(Br)cc1C(C)C. The highest BCUT2D eigenvalue weighted by atomic mass is 79.9. The molecule has 0 spiro atoms. The molecule has 6 heteroatoms. The molecule has 0 aliphatic carbocycles. The van der Waals surface area contributed by atoms with Gasteiger partial charge in [-0.15, -0.1) is 0 Å². The summed E-state index contributed by atoms with van der Waals surface area (Å²) in [7, 11) is 0. The second kappa shape index (κ2) is 10.9. The van der Waals surface area contributed by atoms with Gasteiger partial charge in [0.05, 0.1) is 11.3 Å². The summed E-state index contributed by atoms with van der Waals surface area (Å²) in [6.45, 7) is 6.69. The zero-order chi connectivity index (χ0) is 20.5. The largest absolute Gasteiger partial charge is 0.483 e. The van der Waals surface area contributed by atoms with Crippen molar-refractivity contribution in [2.45, 2.75) is 39.5 Å². The van der Waals surface area contributed by atoms with Crippen molar-refractivity contribution in [3.8, 4) is 5.75 Å². The fourth-order valence-corrected chi connectivity index (χ4v) is 3.07. The zero-order valence-electron chi connectivity index (χ0n) is 16.5. The quantitative estimate of drug-likeness (QED) is 0.525. The van der Waals surface area contributed by atoms with Crippen molar-refractivity contribution in [3.05, 3.63) is 58.1 Å². The van der Waals surface area contributed by atoms with Gasteiger partial charge in [-0.25, -0.2) is 0 Å². The summed E-state index contributed by atoms with van der Waals surface area (Å²) in [5, 5.41) is 5.65. The van der Waals surface area contributed by atoms with Crippen LogP contribution in [0.3, 0.4) is 0 Å². The van der Waals surface area contributed by atoms with Gasteiger partial charge < -0.3 is 15.4 Å². The Morgan fingerprint density at radius 2 is 1.89 bits per heavy atom. The van der Waals surface area contributed by atoms with Gasteiger partial charge in [-0.2, -0.15) is 0 Å². The van der Waals surface area contributed by atoms with Gasteiger partial charge in [0, 0.05) is 11.0 Å². The summed E-state index contributed by atoms with van der Waals surface area (Å²) in [6.07, 6.45) is 1.92. The molecule has 150 valence electrons. The Balaban J connectivity index is 2.02. The smallest absolute Gasteiger partial charge is 0.262 e. The standard InChI is InChI=1S/C22H27BrN2O3/c1-4-5-12-24-22(27)17-8-6-7-9-19(17)25-21(26)14-28-20-11-10-16(23)13-18(20)15(2)3/h6-11,13,15H,4-5,12,14H2,1-3H3,(H,24,27)(H,25,26). The van der Waals surface area contributed by atoms with E-state index in [0.29, 0.717) is 23.5 Å². The Morgan fingerprint density at radius 3 is 2.61 bits per heavy atom. The van der Waals surface area contributed by atoms with Crippen LogP contribution < -0.4 is 15.4 Å². The lowest BCUT2D eigenvalue weighted by atomic mass is 10.0. The Kier molecular flexibility index (Phi) is 8.51. The molecule has 0 heterocycles. The van der Waals surface area contributed by atoms with Crippen molar-refractivity contribution in [2.75, 3.05) is 18.5 Å². The molecule has 0 bridgehead atoms. The number of anilines is 1. The van der Waals surface area contributed by atoms with Crippen molar-refractivity contribution in [1.82, 2.24) is 5.32 Å². The molecule has 2 amide bonds. The van der Waals surface area contributed by atoms with Crippen LogP contribution in [0.5, 0.6) is 5.75 Å². The maximum absolute atomic E-state index is 12.4. The summed E-state index contributed by atoms with van der Waals surface area (Å²) in [5.41, 5.74) is 1.95. The van der Waals surface area contributed by atoms with E-state index in [9.17, 15) is 9.59 Å². The average molecular weight is 447 g/mol. The predicted molar refractivity (Wildman–Crippen MR) is 116 cm³/mol. The van der Waals surface area contributed by atoms with E-state index in [4.69, 9.17) is 4.74 Å². The first-order chi connectivity index (χ1) is 13.4. The van der Waals surface area contributed by atoms with E-state index in [1.54, 1.807) is 24.3 Å². The number of benzene rings is 2. The van der Waals surface area contributed by atoms with E-state index in [2.05, 4.69) is 47.3 Å². The third-order valence-corrected chi connectivity index (χ3v) is 4.71. The Bertz CT molecular complexity index is 821. The van der Waals surface area contributed by atoms with Crippen LogP contribution >= 0.6 is 15.9 Å². The Hall–Kier alpha value is -2.34. The monoisotopic (exact) mass is 446 g/mol. The van der Waals surface area contributed by atoms with Crippen LogP contribution in [0.1, 0.15) is 55.5 Å².